The molecule has 1 amide bonds. The van der Waals surface area contributed by atoms with Crippen molar-refractivity contribution in [2.75, 3.05) is 23.5 Å². The molecule has 4 nitrogen and oxygen atoms in total. The number of carbonyl (C=O) groups is 1. The zero-order chi connectivity index (χ0) is 16.1. The molecule has 1 N–H and O–H groups in total. The molecule has 1 fully saturated rings. The summed E-state index contributed by atoms with van der Waals surface area (Å²) in [5.74, 6) is 1.18. The molecular formula is C17H18FN3OS. The van der Waals surface area contributed by atoms with Gasteiger partial charge in [0, 0.05) is 36.3 Å². The van der Waals surface area contributed by atoms with Crippen molar-refractivity contribution < 1.29 is 9.18 Å². The van der Waals surface area contributed by atoms with Gasteiger partial charge < -0.3 is 5.32 Å². The maximum Gasteiger partial charge on any atom is 0.242 e. The fraction of sp³-hybridized carbons (Fsp3) is 0.294. The summed E-state index contributed by atoms with van der Waals surface area (Å²) in [4.78, 5) is 18.6. The molecule has 120 valence electrons. The van der Waals surface area contributed by atoms with Crippen LogP contribution in [0.2, 0.25) is 0 Å². The Balaban J connectivity index is 1.58. The number of amides is 1. The lowest BCUT2D eigenvalue weighted by atomic mass is 10.1. The molecule has 1 aromatic heterocycles. The van der Waals surface area contributed by atoms with Gasteiger partial charge >= 0.3 is 0 Å². The first-order valence-corrected chi connectivity index (χ1v) is 8.65. The SMILES string of the molecule is O=C(Nc1cccc(F)c1)[C@@H]1CSCN1CCc1ccncc1. The molecule has 0 radical (unpaired) electrons. The Morgan fingerprint density at radius 3 is 2.96 bits per heavy atom. The van der Waals surface area contributed by atoms with E-state index in [2.05, 4.69) is 15.2 Å². The Morgan fingerprint density at radius 2 is 2.17 bits per heavy atom. The van der Waals surface area contributed by atoms with Crippen molar-refractivity contribution in [1.82, 2.24) is 9.88 Å². The summed E-state index contributed by atoms with van der Waals surface area (Å²) in [6.07, 6.45) is 4.44. The second kappa shape index (κ2) is 7.57. The lowest BCUT2D eigenvalue weighted by Gasteiger charge is -2.22. The molecule has 1 atom stereocenters. The van der Waals surface area contributed by atoms with Gasteiger partial charge in [-0.1, -0.05) is 6.07 Å². The van der Waals surface area contributed by atoms with Crippen molar-refractivity contribution in [2.24, 2.45) is 0 Å². The van der Waals surface area contributed by atoms with Crippen LogP contribution in [0.4, 0.5) is 10.1 Å². The number of aromatic nitrogens is 1. The zero-order valence-corrected chi connectivity index (χ0v) is 13.4. The largest absolute Gasteiger partial charge is 0.325 e. The second-order valence-corrected chi connectivity index (χ2v) is 6.43. The van der Waals surface area contributed by atoms with Gasteiger partial charge in [-0.15, -0.1) is 11.8 Å². The van der Waals surface area contributed by atoms with E-state index in [1.807, 2.05) is 12.1 Å². The van der Waals surface area contributed by atoms with Crippen molar-refractivity contribution in [3.05, 3.63) is 60.2 Å². The molecule has 0 saturated carbocycles. The number of nitrogens with one attached hydrogen (secondary N) is 1. The second-order valence-electron chi connectivity index (χ2n) is 5.43. The van der Waals surface area contributed by atoms with Crippen LogP contribution in [0.5, 0.6) is 0 Å². The van der Waals surface area contributed by atoms with E-state index in [-0.39, 0.29) is 17.8 Å². The fourth-order valence-corrected chi connectivity index (χ4v) is 3.79. The highest BCUT2D eigenvalue weighted by atomic mass is 32.2. The monoisotopic (exact) mass is 331 g/mol. The highest BCUT2D eigenvalue weighted by molar-refractivity contribution is 7.99. The number of hydrogen-bond acceptors (Lipinski definition) is 4. The number of halogens is 1. The van der Waals surface area contributed by atoms with Crippen LogP contribution in [0.25, 0.3) is 0 Å². The van der Waals surface area contributed by atoms with Crippen LogP contribution in [-0.2, 0) is 11.2 Å². The lowest BCUT2D eigenvalue weighted by molar-refractivity contribution is -0.119. The smallest absolute Gasteiger partial charge is 0.242 e. The maximum absolute atomic E-state index is 13.2. The Morgan fingerprint density at radius 1 is 1.35 bits per heavy atom. The molecule has 23 heavy (non-hydrogen) atoms. The lowest BCUT2D eigenvalue weighted by Crippen LogP contribution is -2.42. The van der Waals surface area contributed by atoms with E-state index < -0.39 is 0 Å². The van der Waals surface area contributed by atoms with Crippen LogP contribution in [0.1, 0.15) is 5.56 Å². The number of carbonyl (C=O) groups excluding carboxylic acids is 1. The topological polar surface area (TPSA) is 45.2 Å². The van der Waals surface area contributed by atoms with Crippen LogP contribution in [0, 0.1) is 5.82 Å². The summed E-state index contributed by atoms with van der Waals surface area (Å²) in [6, 6.07) is 9.80. The van der Waals surface area contributed by atoms with E-state index in [0.717, 1.165) is 24.6 Å². The van der Waals surface area contributed by atoms with Crippen LogP contribution >= 0.6 is 11.8 Å². The number of hydrogen-bond donors (Lipinski definition) is 1. The van der Waals surface area contributed by atoms with Gasteiger partial charge in [-0.3, -0.25) is 14.7 Å². The van der Waals surface area contributed by atoms with Crippen LogP contribution in [0.3, 0.4) is 0 Å². The van der Waals surface area contributed by atoms with Crippen molar-refractivity contribution in [2.45, 2.75) is 12.5 Å². The van der Waals surface area contributed by atoms with E-state index in [1.165, 1.54) is 17.7 Å². The van der Waals surface area contributed by atoms with Gasteiger partial charge in [-0.05, 0) is 42.3 Å². The summed E-state index contributed by atoms with van der Waals surface area (Å²) >= 11 is 1.75. The van der Waals surface area contributed by atoms with Crippen LogP contribution in [-0.4, -0.2) is 40.0 Å². The predicted molar refractivity (Wildman–Crippen MR) is 90.8 cm³/mol. The van der Waals surface area contributed by atoms with E-state index in [0.29, 0.717) is 5.69 Å². The molecule has 1 aromatic carbocycles. The number of thioether (sulfide) groups is 1. The molecule has 2 heterocycles. The minimum atomic E-state index is -0.349. The highest BCUT2D eigenvalue weighted by Crippen LogP contribution is 2.22. The molecule has 1 aliphatic rings. The Bertz CT molecular complexity index is 668. The molecule has 1 aliphatic heterocycles. The van der Waals surface area contributed by atoms with E-state index in [9.17, 15) is 9.18 Å². The molecule has 2 aromatic rings. The van der Waals surface area contributed by atoms with E-state index in [1.54, 1.807) is 36.3 Å². The van der Waals surface area contributed by atoms with Crippen LogP contribution in [0.15, 0.2) is 48.8 Å². The van der Waals surface area contributed by atoms with Gasteiger partial charge in [0.25, 0.3) is 0 Å². The molecule has 0 aliphatic carbocycles. The molecule has 0 unspecified atom stereocenters. The van der Waals surface area contributed by atoms with Crippen LogP contribution < -0.4 is 5.32 Å². The van der Waals surface area contributed by atoms with Crippen molar-refractivity contribution in [3.8, 4) is 0 Å². The summed E-state index contributed by atoms with van der Waals surface area (Å²) in [7, 11) is 0. The molecule has 1 saturated heterocycles. The summed E-state index contributed by atoms with van der Waals surface area (Å²) in [5, 5.41) is 2.81. The molecule has 0 bridgehead atoms. The number of pyridine rings is 1. The standard InChI is InChI=1S/C17H18FN3OS/c18-14-2-1-3-15(10-14)20-17(22)16-11-23-12-21(16)9-6-13-4-7-19-8-5-13/h1-5,7-8,10,16H,6,9,11-12H2,(H,20,22)/t16-/m0/s1. The normalized spacial score (nSPS) is 18.0. The van der Waals surface area contributed by atoms with Gasteiger partial charge in [-0.2, -0.15) is 0 Å². The van der Waals surface area contributed by atoms with Gasteiger partial charge in [0.05, 0.1) is 6.04 Å². The third-order valence-electron chi connectivity index (χ3n) is 3.81. The maximum atomic E-state index is 13.2. The van der Waals surface area contributed by atoms with Gasteiger partial charge in [0.2, 0.25) is 5.91 Å². The Hall–Kier alpha value is -1.92. The minimum absolute atomic E-state index is 0.0738. The highest BCUT2D eigenvalue weighted by Gasteiger charge is 2.30. The predicted octanol–water partition coefficient (Wildman–Crippen LogP) is 2.78. The minimum Gasteiger partial charge on any atom is -0.325 e. The van der Waals surface area contributed by atoms with E-state index in [4.69, 9.17) is 0 Å². The number of rotatable bonds is 5. The summed E-state index contributed by atoms with van der Waals surface area (Å²) in [5.41, 5.74) is 1.71. The Labute approximate surface area is 139 Å². The quantitative estimate of drug-likeness (QED) is 0.915. The van der Waals surface area contributed by atoms with Gasteiger partial charge in [0.15, 0.2) is 0 Å². The molecule has 3 rings (SSSR count). The first-order chi connectivity index (χ1) is 11.2. The summed E-state index contributed by atoms with van der Waals surface area (Å²) < 4.78 is 13.2. The average molecular weight is 331 g/mol. The number of nitrogens with zero attached hydrogens (tertiary/aromatic N) is 2. The van der Waals surface area contributed by atoms with Crippen molar-refractivity contribution in [3.63, 3.8) is 0 Å². The third-order valence-corrected chi connectivity index (χ3v) is 4.87. The van der Waals surface area contributed by atoms with Gasteiger partial charge in [0.1, 0.15) is 5.82 Å². The molecular weight excluding hydrogens is 313 g/mol. The first kappa shape index (κ1) is 16.0. The summed E-state index contributed by atoms with van der Waals surface area (Å²) in [6.45, 7) is 0.818. The number of anilines is 1. The molecule has 0 spiro atoms. The molecule has 6 heteroatoms. The van der Waals surface area contributed by atoms with Crippen molar-refractivity contribution >= 4 is 23.4 Å². The third kappa shape index (κ3) is 4.30. The Kier molecular flexibility index (Phi) is 5.25. The van der Waals surface area contributed by atoms with E-state index >= 15 is 0 Å². The zero-order valence-electron chi connectivity index (χ0n) is 12.6. The number of benzene rings is 1. The van der Waals surface area contributed by atoms with Crippen molar-refractivity contribution in [1.29, 1.82) is 0 Å². The average Bonchev–Trinajstić information content (AvgIpc) is 3.02. The first-order valence-electron chi connectivity index (χ1n) is 7.49. The van der Waals surface area contributed by atoms with Gasteiger partial charge in [-0.25, -0.2) is 4.39 Å². The fourth-order valence-electron chi connectivity index (χ4n) is 2.55.